The fraction of sp³-hybridized carbons (Fsp3) is 0.478. The van der Waals surface area contributed by atoms with Gasteiger partial charge in [-0.05, 0) is 74.3 Å². The Balaban J connectivity index is 1.92. The topological polar surface area (TPSA) is 60.2 Å². The number of allylic oxidation sites excluding steroid dienone is 3. The molecule has 1 aliphatic carbocycles. The Morgan fingerprint density at radius 1 is 1.29 bits per heavy atom. The Morgan fingerprint density at radius 3 is 2.57 bits per heavy atom. The minimum Gasteiger partial charge on any atom is -0.496 e. The first kappa shape index (κ1) is 20.2. The molecule has 0 saturated carbocycles. The number of methoxy groups -OCH3 is 1. The molecule has 1 aromatic carbocycles. The molecule has 28 heavy (non-hydrogen) atoms. The van der Waals surface area contributed by atoms with E-state index in [0.717, 1.165) is 53.8 Å². The fourth-order valence-electron chi connectivity index (χ4n) is 4.00. The maximum atomic E-state index is 5.58. The smallest absolute Gasteiger partial charge is 0.258 e. The van der Waals surface area contributed by atoms with Gasteiger partial charge in [0.1, 0.15) is 5.75 Å². The van der Waals surface area contributed by atoms with Gasteiger partial charge in [0.2, 0.25) is 5.82 Å². The van der Waals surface area contributed by atoms with Gasteiger partial charge in [-0.15, -0.1) is 0 Å². The SMILES string of the molecule is C=C(C1=C(NCC)CC(C)(C)CC1)c1noc(-c2cc(C)c(OC)c(C)c2)n1. The number of hydrogen-bond donors (Lipinski definition) is 1. The maximum Gasteiger partial charge on any atom is 0.258 e. The van der Waals surface area contributed by atoms with E-state index in [9.17, 15) is 0 Å². The van der Waals surface area contributed by atoms with E-state index in [1.807, 2.05) is 26.0 Å². The largest absolute Gasteiger partial charge is 0.496 e. The summed E-state index contributed by atoms with van der Waals surface area (Å²) >= 11 is 0. The number of rotatable bonds is 6. The quantitative estimate of drug-likeness (QED) is 0.721. The van der Waals surface area contributed by atoms with E-state index >= 15 is 0 Å². The number of aromatic nitrogens is 2. The lowest BCUT2D eigenvalue weighted by atomic mass is 9.75. The summed E-state index contributed by atoms with van der Waals surface area (Å²) in [5.41, 5.74) is 6.60. The second-order valence-corrected chi connectivity index (χ2v) is 8.37. The standard InChI is InChI=1S/C23H31N3O2/c1-8-24-19-13-23(5,6)10-9-18(19)16(4)21-25-22(28-26-21)17-11-14(2)20(27-7)15(3)12-17/h11-12,24H,4,8-10,13H2,1-3,5-7H3. The zero-order valence-corrected chi connectivity index (χ0v) is 17.9. The lowest BCUT2D eigenvalue weighted by molar-refractivity contribution is 0.308. The van der Waals surface area contributed by atoms with E-state index in [1.165, 1.54) is 11.3 Å². The summed E-state index contributed by atoms with van der Waals surface area (Å²) in [5, 5.41) is 7.75. The highest BCUT2D eigenvalue weighted by molar-refractivity contribution is 5.75. The zero-order chi connectivity index (χ0) is 20.5. The molecule has 1 aromatic heterocycles. The van der Waals surface area contributed by atoms with E-state index in [1.54, 1.807) is 7.11 Å². The molecule has 2 aromatic rings. The Morgan fingerprint density at radius 2 is 1.96 bits per heavy atom. The Labute approximate surface area is 167 Å². The van der Waals surface area contributed by atoms with Crippen LogP contribution in [0.5, 0.6) is 5.75 Å². The molecule has 0 bridgehead atoms. The van der Waals surface area contributed by atoms with Crippen molar-refractivity contribution in [3.05, 3.63) is 46.9 Å². The van der Waals surface area contributed by atoms with Gasteiger partial charge in [-0.3, -0.25) is 0 Å². The first-order valence-corrected chi connectivity index (χ1v) is 9.90. The number of benzene rings is 1. The van der Waals surface area contributed by atoms with E-state index in [4.69, 9.17) is 9.26 Å². The molecule has 0 atom stereocenters. The van der Waals surface area contributed by atoms with Crippen molar-refractivity contribution in [2.24, 2.45) is 5.41 Å². The molecule has 1 aliphatic rings. The summed E-state index contributed by atoms with van der Waals surface area (Å²) < 4.78 is 11.0. The molecule has 0 unspecified atom stereocenters. The van der Waals surface area contributed by atoms with Crippen LogP contribution in [0.3, 0.4) is 0 Å². The minimum absolute atomic E-state index is 0.293. The van der Waals surface area contributed by atoms with Crippen LogP contribution in [0.2, 0.25) is 0 Å². The molecule has 3 rings (SSSR count). The van der Waals surface area contributed by atoms with Crippen LogP contribution in [-0.4, -0.2) is 23.8 Å². The van der Waals surface area contributed by atoms with Crippen molar-refractivity contribution in [3.8, 4) is 17.2 Å². The third-order valence-electron chi connectivity index (χ3n) is 5.43. The second kappa shape index (κ2) is 7.82. The van der Waals surface area contributed by atoms with Gasteiger partial charge in [-0.1, -0.05) is 25.6 Å². The molecule has 0 saturated heterocycles. The average molecular weight is 382 g/mol. The second-order valence-electron chi connectivity index (χ2n) is 8.37. The minimum atomic E-state index is 0.293. The van der Waals surface area contributed by atoms with Crippen molar-refractivity contribution < 1.29 is 9.26 Å². The molecule has 1 heterocycles. The molecule has 0 amide bonds. The number of ether oxygens (including phenoxy) is 1. The molecule has 5 nitrogen and oxygen atoms in total. The monoisotopic (exact) mass is 381 g/mol. The molecule has 0 fully saturated rings. The summed E-state index contributed by atoms with van der Waals surface area (Å²) in [4.78, 5) is 4.64. The van der Waals surface area contributed by atoms with Gasteiger partial charge >= 0.3 is 0 Å². The zero-order valence-electron chi connectivity index (χ0n) is 17.9. The summed E-state index contributed by atoms with van der Waals surface area (Å²) in [6.07, 6.45) is 3.10. The van der Waals surface area contributed by atoms with E-state index in [0.29, 0.717) is 17.1 Å². The van der Waals surface area contributed by atoms with Crippen LogP contribution in [0.4, 0.5) is 0 Å². The van der Waals surface area contributed by atoms with Gasteiger partial charge in [0.15, 0.2) is 0 Å². The average Bonchev–Trinajstić information content (AvgIpc) is 3.11. The van der Waals surface area contributed by atoms with Gasteiger partial charge < -0.3 is 14.6 Å². The van der Waals surface area contributed by atoms with Crippen LogP contribution in [0.1, 0.15) is 57.0 Å². The summed E-state index contributed by atoms with van der Waals surface area (Å²) in [5.74, 6) is 1.95. The van der Waals surface area contributed by atoms with Gasteiger partial charge in [0.05, 0.1) is 7.11 Å². The van der Waals surface area contributed by atoms with E-state index in [-0.39, 0.29) is 0 Å². The van der Waals surface area contributed by atoms with Crippen molar-refractivity contribution in [1.29, 1.82) is 0 Å². The summed E-state index contributed by atoms with van der Waals surface area (Å²) in [7, 11) is 1.69. The number of nitrogens with one attached hydrogen (secondary N) is 1. The Hall–Kier alpha value is -2.56. The molecular weight excluding hydrogens is 350 g/mol. The van der Waals surface area contributed by atoms with Crippen LogP contribution in [0, 0.1) is 19.3 Å². The Kier molecular flexibility index (Phi) is 5.64. The van der Waals surface area contributed by atoms with Gasteiger partial charge in [0.25, 0.3) is 5.89 Å². The molecular formula is C23H31N3O2. The first-order chi connectivity index (χ1) is 13.3. The van der Waals surface area contributed by atoms with Crippen molar-refractivity contribution in [1.82, 2.24) is 15.5 Å². The molecule has 5 heteroatoms. The maximum absolute atomic E-state index is 5.58. The molecule has 0 spiro atoms. The fourth-order valence-corrected chi connectivity index (χ4v) is 4.00. The molecule has 0 radical (unpaired) electrons. The Bertz CT molecular complexity index is 899. The lowest BCUT2D eigenvalue weighted by Crippen LogP contribution is -2.26. The van der Waals surface area contributed by atoms with Gasteiger partial charge in [0, 0.05) is 23.4 Å². The first-order valence-electron chi connectivity index (χ1n) is 9.90. The third kappa shape index (κ3) is 3.98. The predicted molar refractivity (Wildman–Crippen MR) is 113 cm³/mol. The number of hydrogen-bond acceptors (Lipinski definition) is 5. The van der Waals surface area contributed by atoms with Crippen LogP contribution in [-0.2, 0) is 0 Å². The highest BCUT2D eigenvalue weighted by atomic mass is 16.5. The molecule has 0 aliphatic heterocycles. The highest BCUT2D eigenvalue weighted by Crippen LogP contribution is 2.41. The van der Waals surface area contributed by atoms with Gasteiger partial charge in [-0.2, -0.15) is 4.98 Å². The van der Waals surface area contributed by atoms with Crippen molar-refractivity contribution in [2.75, 3.05) is 13.7 Å². The molecule has 150 valence electrons. The van der Waals surface area contributed by atoms with E-state index < -0.39 is 0 Å². The van der Waals surface area contributed by atoms with Crippen molar-refractivity contribution in [2.45, 2.75) is 53.9 Å². The van der Waals surface area contributed by atoms with Crippen LogP contribution < -0.4 is 10.1 Å². The summed E-state index contributed by atoms with van der Waals surface area (Å²) in [6, 6.07) is 4.02. The number of nitrogens with zero attached hydrogens (tertiary/aromatic N) is 2. The van der Waals surface area contributed by atoms with Gasteiger partial charge in [-0.25, -0.2) is 0 Å². The van der Waals surface area contributed by atoms with Crippen LogP contribution >= 0.6 is 0 Å². The predicted octanol–water partition coefficient (Wildman–Crippen LogP) is 5.45. The number of aryl methyl sites for hydroxylation is 2. The molecule has 1 N–H and O–H groups in total. The van der Waals surface area contributed by atoms with Crippen LogP contribution in [0.15, 0.2) is 34.5 Å². The van der Waals surface area contributed by atoms with E-state index in [2.05, 4.69) is 42.8 Å². The van der Waals surface area contributed by atoms with Crippen molar-refractivity contribution >= 4 is 5.57 Å². The lowest BCUT2D eigenvalue weighted by Gasteiger charge is -2.33. The highest BCUT2D eigenvalue weighted by Gasteiger charge is 2.29. The van der Waals surface area contributed by atoms with Crippen molar-refractivity contribution in [3.63, 3.8) is 0 Å². The summed E-state index contributed by atoms with van der Waals surface area (Å²) in [6.45, 7) is 16.0. The third-order valence-corrected chi connectivity index (χ3v) is 5.43. The van der Waals surface area contributed by atoms with Crippen LogP contribution in [0.25, 0.3) is 17.0 Å². The normalized spacial score (nSPS) is 16.2.